The van der Waals surface area contributed by atoms with Crippen LogP contribution in [0, 0.1) is 0 Å². The number of hydrogen-bond acceptors (Lipinski definition) is 3. The van der Waals surface area contributed by atoms with E-state index in [1.54, 1.807) is 13.2 Å². The molecule has 0 unspecified atom stereocenters. The monoisotopic (exact) mass is 359 g/mol. The number of nitrogens with one attached hydrogen (secondary N) is 1. The second-order valence-electron chi connectivity index (χ2n) is 6.45. The van der Waals surface area contributed by atoms with Gasteiger partial charge in [-0.2, -0.15) is 0 Å². The molecule has 2 aromatic carbocycles. The zero-order chi connectivity index (χ0) is 17.9. The maximum Gasteiger partial charge on any atom is 0.224 e. The largest absolute Gasteiger partial charge is 0.497 e. The first-order valence-corrected chi connectivity index (χ1v) is 8.79. The Balaban J connectivity index is 1.69. The highest BCUT2D eigenvalue weighted by Crippen LogP contribution is 2.36. The van der Waals surface area contributed by atoms with Crippen molar-refractivity contribution in [2.24, 2.45) is 0 Å². The van der Waals surface area contributed by atoms with Crippen molar-refractivity contribution in [3.05, 3.63) is 64.2 Å². The first-order valence-electron chi connectivity index (χ1n) is 8.42. The third-order valence-corrected chi connectivity index (χ3v) is 5.11. The molecule has 2 N–H and O–H groups in total. The quantitative estimate of drug-likeness (QED) is 0.861. The number of rotatable bonds is 5. The van der Waals surface area contributed by atoms with Crippen molar-refractivity contribution in [3.8, 4) is 5.75 Å². The first-order chi connectivity index (χ1) is 12.0. The smallest absolute Gasteiger partial charge is 0.224 e. The summed E-state index contributed by atoms with van der Waals surface area (Å²) < 4.78 is 5.26. The summed E-state index contributed by atoms with van der Waals surface area (Å²) >= 11 is 6.10. The Morgan fingerprint density at radius 3 is 2.88 bits per heavy atom. The molecule has 2 aromatic rings. The fraction of sp³-hybridized carbons (Fsp3) is 0.350. The molecule has 0 aliphatic heterocycles. The highest BCUT2D eigenvalue weighted by molar-refractivity contribution is 6.31. The minimum atomic E-state index is -1.05. The van der Waals surface area contributed by atoms with Crippen molar-refractivity contribution in [3.63, 3.8) is 0 Å². The number of fused-ring (bicyclic) bond motifs is 1. The van der Waals surface area contributed by atoms with Gasteiger partial charge >= 0.3 is 0 Å². The van der Waals surface area contributed by atoms with Crippen LogP contribution in [0.3, 0.4) is 0 Å². The maximum atomic E-state index is 12.3. The van der Waals surface area contributed by atoms with Crippen LogP contribution >= 0.6 is 11.6 Å². The summed E-state index contributed by atoms with van der Waals surface area (Å²) in [7, 11) is 1.63. The molecule has 0 aromatic heterocycles. The van der Waals surface area contributed by atoms with E-state index in [1.165, 1.54) is 0 Å². The van der Waals surface area contributed by atoms with E-state index in [2.05, 4.69) is 5.32 Å². The second-order valence-corrected chi connectivity index (χ2v) is 6.86. The molecular formula is C20H22ClNO3. The van der Waals surface area contributed by atoms with Gasteiger partial charge in [0.1, 0.15) is 11.4 Å². The molecule has 0 spiro atoms. The number of halogens is 1. The van der Waals surface area contributed by atoms with Crippen LogP contribution in [0.4, 0.5) is 0 Å². The lowest BCUT2D eigenvalue weighted by atomic mass is 9.79. The van der Waals surface area contributed by atoms with E-state index in [9.17, 15) is 9.90 Å². The number of hydrogen-bond donors (Lipinski definition) is 2. The van der Waals surface area contributed by atoms with Gasteiger partial charge in [0.25, 0.3) is 0 Å². The number of benzene rings is 2. The van der Waals surface area contributed by atoms with E-state index in [0.29, 0.717) is 11.4 Å². The maximum absolute atomic E-state index is 12.3. The van der Waals surface area contributed by atoms with E-state index in [4.69, 9.17) is 16.3 Å². The molecule has 1 atom stereocenters. The van der Waals surface area contributed by atoms with Gasteiger partial charge in [-0.3, -0.25) is 4.79 Å². The highest BCUT2D eigenvalue weighted by Gasteiger charge is 2.34. The molecule has 1 aliphatic carbocycles. The number of carbonyl (C=O) groups is 1. The van der Waals surface area contributed by atoms with Crippen LogP contribution in [0.25, 0.3) is 0 Å². The van der Waals surface area contributed by atoms with Crippen molar-refractivity contribution >= 4 is 17.5 Å². The predicted molar refractivity (Wildman–Crippen MR) is 98.0 cm³/mol. The highest BCUT2D eigenvalue weighted by atomic mass is 35.5. The molecule has 0 heterocycles. The Hall–Kier alpha value is -2.04. The van der Waals surface area contributed by atoms with E-state index in [0.717, 1.165) is 35.3 Å². The van der Waals surface area contributed by atoms with Crippen LogP contribution in [0.1, 0.15) is 29.5 Å². The van der Waals surface area contributed by atoms with E-state index in [-0.39, 0.29) is 18.9 Å². The zero-order valence-electron chi connectivity index (χ0n) is 14.2. The standard InChI is InChI=1S/C20H22ClNO3/c1-25-16-8-9-17-14(11-16)6-4-10-20(17,24)13-22-19(23)12-15-5-2-3-7-18(15)21/h2-3,5,7-9,11,24H,4,6,10,12-13H2,1H3,(H,22,23)/t20-/m0/s1. The molecule has 4 nitrogen and oxygen atoms in total. The molecule has 0 saturated carbocycles. The van der Waals surface area contributed by atoms with Crippen molar-refractivity contribution in [1.82, 2.24) is 5.32 Å². The van der Waals surface area contributed by atoms with Gasteiger partial charge in [0, 0.05) is 5.02 Å². The van der Waals surface area contributed by atoms with Crippen molar-refractivity contribution in [2.75, 3.05) is 13.7 Å². The fourth-order valence-electron chi connectivity index (χ4n) is 3.37. The molecule has 0 fully saturated rings. The summed E-state index contributed by atoms with van der Waals surface area (Å²) in [6.45, 7) is 0.190. The van der Waals surface area contributed by atoms with Crippen molar-refractivity contribution in [1.29, 1.82) is 0 Å². The molecule has 25 heavy (non-hydrogen) atoms. The van der Waals surface area contributed by atoms with Crippen molar-refractivity contribution in [2.45, 2.75) is 31.3 Å². The number of amides is 1. The number of aryl methyl sites for hydroxylation is 1. The van der Waals surface area contributed by atoms with Crippen LogP contribution in [-0.4, -0.2) is 24.7 Å². The molecule has 1 aliphatic rings. The zero-order valence-corrected chi connectivity index (χ0v) is 15.0. The lowest BCUT2D eigenvalue weighted by molar-refractivity contribution is -0.122. The van der Waals surface area contributed by atoms with Crippen LogP contribution in [0.5, 0.6) is 5.75 Å². The van der Waals surface area contributed by atoms with Gasteiger partial charge in [-0.05, 0) is 54.2 Å². The average molecular weight is 360 g/mol. The Morgan fingerprint density at radius 1 is 1.32 bits per heavy atom. The lowest BCUT2D eigenvalue weighted by Gasteiger charge is -2.35. The van der Waals surface area contributed by atoms with Crippen LogP contribution < -0.4 is 10.1 Å². The molecule has 0 bridgehead atoms. The topological polar surface area (TPSA) is 58.6 Å². The summed E-state index contributed by atoms with van der Waals surface area (Å²) in [6.07, 6.45) is 2.60. The van der Waals surface area contributed by atoms with Crippen LogP contribution in [0.15, 0.2) is 42.5 Å². The van der Waals surface area contributed by atoms with E-state index >= 15 is 0 Å². The molecule has 0 radical (unpaired) electrons. The summed E-state index contributed by atoms with van der Waals surface area (Å²) in [5.41, 5.74) is 1.68. The van der Waals surface area contributed by atoms with Gasteiger partial charge in [0.05, 0.1) is 20.1 Å². The normalized spacial score (nSPS) is 19.2. The third-order valence-electron chi connectivity index (χ3n) is 4.74. The number of aliphatic hydroxyl groups is 1. The summed E-state index contributed by atoms with van der Waals surface area (Å²) in [5, 5.41) is 14.5. The van der Waals surface area contributed by atoms with Gasteiger partial charge in [-0.1, -0.05) is 35.9 Å². The van der Waals surface area contributed by atoms with Gasteiger partial charge < -0.3 is 15.2 Å². The fourth-order valence-corrected chi connectivity index (χ4v) is 3.57. The van der Waals surface area contributed by atoms with Crippen LogP contribution in [-0.2, 0) is 23.2 Å². The van der Waals surface area contributed by atoms with Crippen molar-refractivity contribution < 1.29 is 14.6 Å². The molecular weight excluding hydrogens is 338 g/mol. The number of methoxy groups -OCH3 is 1. The van der Waals surface area contributed by atoms with Gasteiger partial charge in [0.2, 0.25) is 5.91 Å². The van der Waals surface area contributed by atoms with Crippen LogP contribution in [0.2, 0.25) is 5.02 Å². The summed E-state index contributed by atoms with van der Waals surface area (Å²) in [6, 6.07) is 13.0. The predicted octanol–water partition coefficient (Wildman–Crippen LogP) is 3.23. The molecule has 0 saturated heterocycles. The Labute approximate surface area is 152 Å². The second kappa shape index (κ2) is 7.46. The molecule has 3 rings (SSSR count). The lowest BCUT2D eigenvalue weighted by Crippen LogP contribution is -2.43. The van der Waals surface area contributed by atoms with E-state index < -0.39 is 5.60 Å². The van der Waals surface area contributed by atoms with Gasteiger partial charge in [-0.15, -0.1) is 0 Å². The molecule has 132 valence electrons. The van der Waals surface area contributed by atoms with E-state index in [1.807, 2.05) is 36.4 Å². The Bertz CT molecular complexity index is 777. The van der Waals surface area contributed by atoms with Gasteiger partial charge in [0.15, 0.2) is 0 Å². The minimum Gasteiger partial charge on any atom is -0.497 e. The summed E-state index contributed by atoms with van der Waals surface area (Å²) in [4.78, 5) is 12.3. The molecule has 5 heteroatoms. The third kappa shape index (κ3) is 3.97. The Morgan fingerprint density at radius 2 is 2.12 bits per heavy atom. The SMILES string of the molecule is COc1ccc2c(c1)CCC[C@]2(O)CNC(=O)Cc1ccccc1Cl. The Kier molecular flexibility index (Phi) is 5.30. The first kappa shape index (κ1) is 17.8. The van der Waals surface area contributed by atoms with Gasteiger partial charge in [-0.25, -0.2) is 0 Å². The average Bonchev–Trinajstić information content (AvgIpc) is 2.62. The summed E-state index contributed by atoms with van der Waals surface area (Å²) in [5.74, 6) is 0.632. The molecule has 1 amide bonds. The number of carbonyl (C=O) groups excluding carboxylic acids is 1. The number of ether oxygens (including phenoxy) is 1. The minimum absolute atomic E-state index is 0.151.